The van der Waals surface area contributed by atoms with Gasteiger partial charge in [0.2, 0.25) is 0 Å². The molecule has 0 saturated carbocycles. The van der Waals surface area contributed by atoms with E-state index in [-0.39, 0.29) is 16.6 Å². The van der Waals surface area contributed by atoms with Gasteiger partial charge in [-0.25, -0.2) is 9.78 Å². The molecule has 0 aliphatic heterocycles. The van der Waals surface area contributed by atoms with Crippen LogP contribution in [0.25, 0.3) is 0 Å². The first-order valence-corrected chi connectivity index (χ1v) is 7.28. The first-order chi connectivity index (χ1) is 11.5. The lowest BCUT2D eigenvalue weighted by molar-refractivity contribution is -0.119. The van der Waals surface area contributed by atoms with Crippen LogP contribution >= 0.6 is 11.6 Å². The highest BCUT2D eigenvalue weighted by Gasteiger charge is 2.14. The Kier molecular flexibility index (Phi) is 5.86. The molecule has 2 rings (SSSR count). The van der Waals surface area contributed by atoms with Gasteiger partial charge in [0.1, 0.15) is 5.15 Å². The van der Waals surface area contributed by atoms with E-state index in [1.807, 2.05) is 0 Å². The van der Waals surface area contributed by atoms with Gasteiger partial charge >= 0.3 is 5.97 Å². The van der Waals surface area contributed by atoms with Crippen molar-refractivity contribution in [2.24, 2.45) is 0 Å². The molecule has 24 heavy (non-hydrogen) atoms. The molecule has 1 aromatic heterocycles. The second-order valence-electron chi connectivity index (χ2n) is 4.62. The van der Waals surface area contributed by atoms with Gasteiger partial charge in [-0.2, -0.15) is 0 Å². The summed E-state index contributed by atoms with van der Waals surface area (Å²) in [6.45, 7) is -0.471. The number of hydrogen-bond donors (Lipinski definition) is 2. The van der Waals surface area contributed by atoms with Crippen molar-refractivity contribution < 1.29 is 19.1 Å². The molecule has 0 fully saturated rings. The molecule has 1 aromatic carbocycles. The minimum absolute atomic E-state index is 0.00713. The minimum atomic E-state index is -0.738. The average Bonchev–Trinajstić information content (AvgIpc) is 2.60. The van der Waals surface area contributed by atoms with E-state index < -0.39 is 18.5 Å². The van der Waals surface area contributed by atoms with E-state index in [1.165, 1.54) is 25.4 Å². The van der Waals surface area contributed by atoms with E-state index in [0.717, 1.165) is 0 Å². The van der Waals surface area contributed by atoms with E-state index >= 15 is 0 Å². The number of anilines is 1. The molecule has 0 aliphatic rings. The minimum Gasteiger partial charge on any atom is -0.452 e. The molecule has 0 saturated heterocycles. The number of nitrogens with zero attached hydrogens (tertiary/aromatic N) is 1. The van der Waals surface area contributed by atoms with Gasteiger partial charge in [-0.05, 0) is 36.4 Å². The van der Waals surface area contributed by atoms with Gasteiger partial charge in [-0.15, -0.1) is 0 Å². The van der Waals surface area contributed by atoms with Crippen LogP contribution in [-0.4, -0.2) is 36.4 Å². The Hall–Kier alpha value is -2.93. The third-order valence-corrected chi connectivity index (χ3v) is 3.27. The van der Waals surface area contributed by atoms with Crippen molar-refractivity contribution in [3.63, 3.8) is 0 Å². The van der Waals surface area contributed by atoms with Gasteiger partial charge in [0, 0.05) is 24.5 Å². The zero-order chi connectivity index (χ0) is 17.5. The van der Waals surface area contributed by atoms with Gasteiger partial charge in [-0.1, -0.05) is 11.6 Å². The fraction of sp³-hybridized carbons (Fsp3) is 0.125. The first kappa shape index (κ1) is 17.4. The summed E-state index contributed by atoms with van der Waals surface area (Å²) in [6.07, 6.45) is 1.44. The Morgan fingerprint density at radius 1 is 1.17 bits per heavy atom. The number of rotatable bonds is 5. The quantitative estimate of drug-likeness (QED) is 0.636. The van der Waals surface area contributed by atoms with E-state index in [1.54, 1.807) is 24.3 Å². The Bertz CT molecular complexity index is 762. The summed E-state index contributed by atoms with van der Waals surface area (Å²) in [7, 11) is 1.53. The van der Waals surface area contributed by atoms with Crippen LogP contribution in [0.5, 0.6) is 0 Å². The van der Waals surface area contributed by atoms with Crippen LogP contribution in [0.2, 0.25) is 5.15 Å². The number of carbonyl (C=O) groups excluding carboxylic acids is 3. The molecule has 0 bridgehead atoms. The van der Waals surface area contributed by atoms with Crippen LogP contribution in [0.15, 0.2) is 42.6 Å². The number of aromatic nitrogens is 1. The van der Waals surface area contributed by atoms with Crippen molar-refractivity contribution >= 4 is 35.1 Å². The molecule has 2 N–H and O–H groups in total. The standard InChI is InChI=1S/C16H14ClN3O4/c1-18-15(22)10-4-6-11(7-5-10)20-13(21)9-24-16(23)12-3-2-8-19-14(12)17/h2-8H,9H2,1H3,(H,18,22)(H,20,21). The molecule has 0 spiro atoms. The summed E-state index contributed by atoms with van der Waals surface area (Å²) in [5.74, 6) is -1.48. The molecule has 0 atom stereocenters. The molecule has 2 amide bonds. The number of ether oxygens (including phenoxy) is 1. The number of hydrogen-bond acceptors (Lipinski definition) is 5. The zero-order valence-electron chi connectivity index (χ0n) is 12.7. The smallest absolute Gasteiger partial charge is 0.341 e. The van der Waals surface area contributed by atoms with E-state index in [0.29, 0.717) is 11.3 Å². The van der Waals surface area contributed by atoms with Gasteiger partial charge in [0.05, 0.1) is 5.56 Å². The molecule has 1 heterocycles. The number of pyridine rings is 1. The van der Waals surface area contributed by atoms with Crippen molar-refractivity contribution in [1.82, 2.24) is 10.3 Å². The zero-order valence-corrected chi connectivity index (χ0v) is 13.5. The van der Waals surface area contributed by atoms with Crippen LogP contribution in [0.4, 0.5) is 5.69 Å². The average molecular weight is 348 g/mol. The highest BCUT2D eigenvalue weighted by molar-refractivity contribution is 6.32. The Morgan fingerprint density at radius 3 is 2.50 bits per heavy atom. The summed E-state index contributed by atoms with van der Waals surface area (Å²) >= 11 is 5.77. The van der Waals surface area contributed by atoms with E-state index in [9.17, 15) is 14.4 Å². The summed E-state index contributed by atoms with van der Waals surface area (Å²) in [5, 5.41) is 5.05. The normalized spacial score (nSPS) is 9.92. The lowest BCUT2D eigenvalue weighted by Crippen LogP contribution is -2.21. The van der Waals surface area contributed by atoms with Crippen molar-refractivity contribution in [1.29, 1.82) is 0 Å². The SMILES string of the molecule is CNC(=O)c1ccc(NC(=O)COC(=O)c2cccnc2Cl)cc1. The number of esters is 1. The lowest BCUT2D eigenvalue weighted by Gasteiger charge is -2.08. The highest BCUT2D eigenvalue weighted by Crippen LogP contribution is 2.13. The Labute approximate surface area is 143 Å². The summed E-state index contributed by atoms with van der Waals surface area (Å²) < 4.78 is 4.88. The number of benzene rings is 1. The van der Waals surface area contributed by atoms with Crippen molar-refractivity contribution in [2.75, 3.05) is 19.0 Å². The van der Waals surface area contributed by atoms with Crippen LogP contribution in [-0.2, 0) is 9.53 Å². The van der Waals surface area contributed by atoms with Crippen molar-refractivity contribution in [2.45, 2.75) is 0 Å². The number of amides is 2. The fourth-order valence-corrected chi connectivity index (χ4v) is 1.99. The molecule has 0 unspecified atom stereocenters. The molecule has 0 radical (unpaired) electrons. The van der Waals surface area contributed by atoms with Crippen LogP contribution in [0.3, 0.4) is 0 Å². The van der Waals surface area contributed by atoms with Crippen molar-refractivity contribution in [3.05, 3.63) is 58.9 Å². The van der Waals surface area contributed by atoms with Gasteiger partial charge in [0.15, 0.2) is 6.61 Å². The van der Waals surface area contributed by atoms with Crippen molar-refractivity contribution in [3.8, 4) is 0 Å². The molecular weight excluding hydrogens is 334 g/mol. The topological polar surface area (TPSA) is 97.4 Å². The molecule has 124 valence electrons. The molecular formula is C16H14ClN3O4. The van der Waals surface area contributed by atoms with Gasteiger partial charge in [0.25, 0.3) is 11.8 Å². The van der Waals surface area contributed by atoms with Gasteiger partial charge < -0.3 is 15.4 Å². The summed E-state index contributed by atoms with van der Waals surface area (Å²) in [6, 6.07) is 9.26. The Morgan fingerprint density at radius 2 is 1.88 bits per heavy atom. The van der Waals surface area contributed by atoms with Crippen LogP contribution in [0.1, 0.15) is 20.7 Å². The number of halogens is 1. The maximum atomic E-state index is 11.8. The summed E-state index contributed by atoms with van der Waals surface area (Å²) in [5.41, 5.74) is 1.03. The second kappa shape index (κ2) is 8.07. The molecule has 2 aromatic rings. The predicted molar refractivity (Wildman–Crippen MR) is 88.0 cm³/mol. The maximum absolute atomic E-state index is 11.8. The predicted octanol–water partition coefficient (Wildman–Crippen LogP) is 1.89. The number of carbonyl (C=O) groups is 3. The number of nitrogens with one attached hydrogen (secondary N) is 2. The van der Waals surface area contributed by atoms with E-state index in [4.69, 9.17) is 16.3 Å². The van der Waals surface area contributed by atoms with E-state index in [2.05, 4.69) is 15.6 Å². The fourth-order valence-electron chi connectivity index (χ4n) is 1.79. The lowest BCUT2D eigenvalue weighted by atomic mass is 10.2. The monoisotopic (exact) mass is 347 g/mol. The molecule has 0 aliphatic carbocycles. The molecule has 7 nitrogen and oxygen atoms in total. The maximum Gasteiger partial charge on any atom is 0.341 e. The largest absolute Gasteiger partial charge is 0.452 e. The third-order valence-electron chi connectivity index (χ3n) is 2.97. The first-order valence-electron chi connectivity index (χ1n) is 6.91. The van der Waals surface area contributed by atoms with Gasteiger partial charge in [-0.3, -0.25) is 9.59 Å². The second-order valence-corrected chi connectivity index (χ2v) is 4.98. The van der Waals surface area contributed by atoms with Crippen LogP contribution < -0.4 is 10.6 Å². The highest BCUT2D eigenvalue weighted by atomic mass is 35.5. The van der Waals surface area contributed by atoms with Crippen LogP contribution in [0, 0.1) is 0 Å². The Balaban J connectivity index is 1.88. The third kappa shape index (κ3) is 4.53. The summed E-state index contributed by atoms with van der Waals surface area (Å²) in [4.78, 5) is 38.8. The molecule has 8 heteroatoms.